The molecule has 35 heavy (non-hydrogen) atoms. The Morgan fingerprint density at radius 1 is 1.29 bits per heavy atom. The number of β-lactam (4-membered cyclic amide) rings is 1. The molecule has 6 N–H and O–H groups in total. The van der Waals surface area contributed by atoms with Crippen molar-refractivity contribution in [2.45, 2.75) is 56.5 Å². The number of carboxylic acids is 1. The van der Waals surface area contributed by atoms with E-state index in [4.69, 9.17) is 11.5 Å². The second-order valence-corrected chi connectivity index (χ2v) is 11.6. The van der Waals surface area contributed by atoms with Gasteiger partial charge in [0.2, 0.25) is 11.8 Å². The van der Waals surface area contributed by atoms with Crippen LogP contribution in [-0.2, 0) is 14.4 Å². The van der Waals surface area contributed by atoms with Crippen molar-refractivity contribution < 1.29 is 24.6 Å². The molecule has 4 aliphatic rings. The van der Waals surface area contributed by atoms with Gasteiger partial charge in [0.1, 0.15) is 5.70 Å². The molecule has 3 unspecified atom stereocenters. The standard InChI is InChI=1S/C23H36N6O5S/c1-11-17-16(12(2)30)21(32)29(17)18(22(33)34)19(11)35-14-8-15(27(3)10-14)20(31)28-7-5-13(9-28)4-6-26-23(24)25/h11-17,30H,4-10H2,1-3H3,(H,33,34)(H4,24,25,26)/t11-,12-,13?,14+,15+,16?,17?/m1/s1. The molecule has 3 saturated heterocycles. The van der Waals surface area contributed by atoms with Crippen LogP contribution in [0.2, 0.25) is 0 Å². The maximum Gasteiger partial charge on any atom is 0.353 e. The zero-order valence-corrected chi connectivity index (χ0v) is 21.3. The summed E-state index contributed by atoms with van der Waals surface area (Å²) in [5, 5.41) is 20.0. The predicted octanol–water partition coefficient (Wildman–Crippen LogP) is -0.542. The van der Waals surface area contributed by atoms with E-state index in [1.807, 2.05) is 23.8 Å². The van der Waals surface area contributed by atoms with E-state index in [0.29, 0.717) is 36.9 Å². The molecule has 0 aliphatic carbocycles. The second kappa shape index (κ2) is 9.98. The lowest BCUT2D eigenvalue weighted by molar-refractivity contribution is -0.163. The molecule has 12 heteroatoms. The van der Waals surface area contributed by atoms with Crippen molar-refractivity contribution in [3.8, 4) is 0 Å². The molecule has 4 rings (SSSR count). The molecule has 4 heterocycles. The number of nitrogens with two attached hydrogens (primary N) is 2. The van der Waals surface area contributed by atoms with E-state index in [1.54, 1.807) is 6.92 Å². The molecule has 11 nitrogen and oxygen atoms in total. The maximum absolute atomic E-state index is 13.3. The zero-order chi connectivity index (χ0) is 25.6. The van der Waals surface area contributed by atoms with Gasteiger partial charge in [-0.15, -0.1) is 11.8 Å². The van der Waals surface area contributed by atoms with E-state index < -0.39 is 18.0 Å². The fourth-order valence-electron chi connectivity index (χ4n) is 6.04. The van der Waals surface area contributed by atoms with Gasteiger partial charge in [-0.3, -0.25) is 19.5 Å². The Morgan fingerprint density at radius 2 is 2.00 bits per heavy atom. The lowest BCUT2D eigenvalue weighted by Crippen LogP contribution is -2.63. The number of aliphatic carboxylic acids is 1. The first-order valence-electron chi connectivity index (χ1n) is 12.2. The highest BCUT2D eigenvalue weighted by molar-refractivity contribution is 8.03. The Bertz CT molecular complexity index is 951. The Labute approximate surface area is 209 Å². The van der Waals surface area contributed by atoms with Gasteiger partial charge in [0, 0.05) is 42.3 Å². The number of nitrogens with zero attached hydrogens (tertiary/aromatic N) is 4. The molecule has 2 amide bonds. The minimum absolute atomic E-state index is 0.0370. The molecule has 4 aliphatic heterocycles. The van der Waals surface area contributed by atoms with Crippen LogP contribution in [-0.4, -0.2) is 105 Å². The number of amides is 2. The number of aliphatic imine (C=N–C) groups is 1. The van der Waals surface area contributed by atoms with Crippen molar-refractivity contribution in [2.24, 2.45) is 34.2 Å². The van der Waals surface area contributed by atoms with Crippen molar-refractivity contribution in [3.05, 3.63) is 10.6 Å². The Balaban J connectivity index is 1.39. The van der Waals surface area contributed by atoms with Crippen molar-refractivity contribution in [1.82, 2.24) is 14.7 Å². The molecule has 0 bridgehead atoms. The molecular formula is C23H36N6O5S. The van der Waals surface area contributed by atoms with Crippen molar-refractivity contribution in [2.75, 3.05) is 33.2 Å². The molecule has 0 spiro atoms. The Hall–Kier alpha value is -2.31. The van der Waals surface area contributed by atoms with E-state index in [9.17, 15) is 24.6 Å². The van der Waals surface area contributed by atoms with Gasteiger partial charge in [-0.05, 0) is 39.2 Å². The first kappa shape index (κ1) is 25.8. The molecule has 0 saturated carbocycles. The van der Waals surface area contributed by atoms with Crippen molar-refractivity contribution >= 4 is 35.5 Å². The van der Waals surface area contributed by atoms with Crippen LogP contribution in [0.1, 0.15) is 33.1 Å². The van der Waals surface area contributed by atoms with E-state index in [2.05, 4.69) is 4.99 Å². The number of hydrogen-bond acceptors (Lipinski definition) is 7. The van der Waals surface area contributed by atoms with Gasteiger partial charge < -0.3 is 31.5 Å². The number of fused-ring (bicyclic) bond motifs is 1. The lowest BCUT2D eigenvalue weighted by atomic mass is 9.79. The van der Waals surface area contributed by atoms with E-state index >= 15 is 0 Å². The normalized spacial score (nSPS) is 33.7. The maximum atomic E-state index is 13.3. The number of carboxylic acid groups (broad SMARTS) is 1. The first-order chi connectivity index (χ1) is 16.5. The van der Waals surface area contributed by atoms with Crippen LogP contribution in [0.3, 0.4) is 0 Å². The zero-order valence-electron chi connectivity index (χ0n) is 20.5. The van der Waals surface area contributed by atoms with Crippen molar-refractivity contribution in [1.29, 1.82) is 0 Å². The number of rotatable bonds is 8. The van der Waals surface area contributed by atoms with Crippen LogP contribution in [0.4, 0.5) is 0 Å². The third kappa shape index (κ3) is 4.75. The third-order valence-corrected chi connectivity index (χ3v) is 9.32. The van der Waals surface area contributed by atoms with Gasteiger partial charge in [0.15, 0.2) is 5.96 Å². The number of likely N-dealkylation sites (N-methyl/N-ethyl adjacent to an activating group) is 1. The predicted molar refractivity (Wildman–Crippen MR) is 132 cm³/mol. The quantitative estimate of drug-likeness (QED) is 0.191. The summed E-state index contributed by atoms with van der Waals surface area (Å²) >= 11 is 1.48. The number of aliphatic hydroxyl groups excluding tert-OH is 1. The summed E-state index contributed by atoms with van der Waals surface area (Å²) in [6.07, 6.45) is 1.57. The Morgan fingerprint density at radius 3 is 2.63 bits per heavy atom. The molecule has 0 aromatic rings. The van der Waals surface area contributed by atoms with Gasteiger partial charge >= 0.3 is 5.97 Å². The highest BCUT2D eigenvalue weighted by Gasteiger charge is 2.60. The van der Waals surface area contributed by atoms with Gasteiger partial charge in [0.25, 0.3) is 0 Å². The highest BCUT2D eigenvalue weighted by Crippen LogP contribution is 2.52. The van der Waals surface area contributed by atoms with Gasteiger partial charge in [0.05, 0.1) is 24.1 Å². The molecule has 3 fully saturated rings. The number of carbonyl (C=O) groups excluding carboxylic acids is 2. The Kier molecular flexibility index (Phi) is 7.35. The van der Waals surface area contributed by atoms with Crippen LogP contribution in [0.15, 0.2) is 15.6 Å². The fourth-order valence-corrected chi connectivity index (χ4v) is 7.64. The van der Waals surface area contributed by atoms with E-state index in [1.165, 1.54) is 16.7 Å². The van der Waals surface area contributed by atoms with Crippen LogP contribution >= 0.6 is 11.8 Å². The SMILES string of the molecule is C[C@@H](O)C1C(=O)N2C(C(=O)O)=C(S[C@H]3C[C@@H](C(=O)N4CCC(CCN=C(N)N)C4)N(C)C3)[C@H](C)C12. The van der Waals surface area contributed by atoms with Gasteiger partial charge in [-0.1, -0.05) is 6.92 Å². The topological polar surface area (TPSA) is 166 Å². The molecule has 194 valence electrons. The lowest BCUT2D eigenvalue weighted by Gasteiger charge is -2.46. The second-order valence-electron chi connectivity index (χ2n) is 10.2. The van der Waals surface area contributed by atoms with Gasteiger partial charge in [-0.2, -0.15) is 0 Å². The fraction of sp³-hybridized carbons (Fsp3) is 0.739. The number of carbonyl (C=O) groups is 3. The number of guanidine groups is 1. The minimum Gasteiger partial charge on any atom is -0.477 e. The average molecular weight is 509 g/mol. The monoisotopic (exact) mass is 508 g/mol. The van der Waals surface area contributed by atoms with E-state index in [0.717, 1.165) is 19.4 Å². The summed E-state index contributed by atoms with van der Waals surface area (Å²) in [6.45, 7) is 6.14. The summed E-state index contributed by atoms with van der Waals surface area (Å²) in [6, 6.07) is -0.577. The first-order valence-corrected chi connectivity index (χ1v) is 13.1. The summed E-state index contributed by atoms with van der Waals surface area (Å²) in [5.74, 6) is -1.63. The van der Waals surface area contributed by atoms with Crippen LogP contribution in [0, 0.1) is 17.8 Å². The number of thioether (sulfide) groups is 1. The van der Waals surface area contributed by atoms with Crippen LogP contribution in [0.25, 0.3) is 0 Å². The van der Waals surface area contributed by atoms with E-state index in [-0.39, 0.29) is 46.7 Å². The molecule has 0 aromatic heterocycles. The summed E-state index contributed by atoms with van der Waals surface area (Å²) < 4.78 is 0. The summed E-state index contributed by atoms with van der Waals surface area (Å²) in [4.78, 5) is 48.0. The van der Waals surface area contributed by atoms with Crippen LogP contribution in [0.5, 0.6) is 0 Å². The molecule has 0 radical (unpaired) electrons. The summed E-state index contributed by atoms with van der Waals surface area (Å²) in [7, 11) is 1.93. The smallest absolute Gasteiger partial charge is 0.353 e. The van der Waals surface area contributed by atoms with Gasteiger partial charge in [-0.25, -0.2) is 4.79 Å². The molecular weight excluding hydrogens is 472 g/mol. The minimum atomic E-state index is -1.12. The van der Waals surface area contributed by atoms with Crippen LogP contribution < -0.4 is 11.5 Å². The average Bonchev–Trinajstić information content (AvgIpc) is 3.44. The third-order valence-electron chi connectivity index (χ3n) is 7.83. The molecule has 7 atom stereocenters. The summed E-state index contributed by atoms with van der Waals surface area (Å²) in [5.41, 5.74) is 10.8. The highest BCUT2D eigenvalue weighted by atomic mass is 32.2. The van der Waals surface area contributed by atoms with Crippen molar-refractivity contribution in [3.63, 3.8) is 0 Å². The molecule has 0 aromatic carbocycles. The largest absolute Gasteiger partial charge is 0.477 e. The number of aliphatic hydroxyl groups is 1. The number of hydrogen-bond donors (Lipinski definition) is 4. The number of likely N-dealkylation sites (tertiary alicyclic amines) is 2.